The van der Waals surface area contributed by atoms with Gasteiger partial charge in [0.05, 0.1) is 15.4 Å². The number of pyridine rings is 1. The van der Waals surface area contributed by atoms with Crippen molar-refractivity contribution in [2.45, 2.75) is 42.5 Å². The highest BCUT2D eigenvalue weighted by atomic mass is 32.2. The molecule has 6 nitrogen and oxygen atoms in total. The monoisotopic (exact) mass is 447 g/mol. The first-order valence-corrected chi connectivity index (χ1v) is 11.8. The van der Waals surface area contributed by atoms with Crippen molar-refractivity contribution in [1.29, 1.82) is 0 Å². The largest absolute Gasteiger partial charge is 0.348 e. The molecule has 0 bridgehead atoms. The smallest absolute Gasteiger partial charge is 0.253 e. The maximum Gasteiger partial charge on any atom is 0.253 e. The number of sulfone groups is 1. The molecule has 32 heavy (non-hydrogen) atoms. The van der Waals surface area contributed by atoms with Crippen molar-refractivity contribution in [2.75, 3.05) is 0 Å². The van der Waals surface area contributed by atoms with Crippen molar-refractivity contribution in [1.82, 2.24) is 14.7 Å². The third-order valence-electron chi connectivity index (χ3n) is 5.35. The first kappa shape index (κ1) is 21.8. The minimum Gasteiger partial charge on any atom is -0.348 e. The predicted molar refractivity (Wildman–Crippen MR) is 123 cm³/mol. The van der Waals surface area contributed by atoms with E-state index in [1.54, 1.807) is 77.6 Å². The minimum atomic E-state index is -3.62. The van der Waals surface area contributed by atoms with Crippen molar-refractivity contribution < 1.29 is 13.2 Å². The van der Waals surface area contributed by atoms with Crippen molar-refractivity contribution >= 4 is 21.4 Å². The van der Waals surface area contributed by atoms with Crippen LogP contribution in [0.25, 0.3) is 5.65 Å². The van der Waals surface area contributed by atoms with Crippen LogP contribution >= 0.6 is 0 Å². The van der Waals surface area contributed by atoms with E-state index >= 15 is 0 Å². The summed E-state index contributed by atoms with van der Waals surface area (Å²) in [5.74, 6) is -0.212. The van der Waals surface area contributed by atoms with Crippen LogP contribution in [-0.2, 0) is 21.8 Å². The fourth-order valence-corrected chi connectivity index (χ4v) is 4.70. The van der Waals surface area contributed by atoms with E-state index < -0.39 is 9.84 Å². The van der Waals surface area contributed by atoms with Crippen molar-refractivity contribution in [3.63, 3.8) is 0 Å². The van der Waals surface area contributed by atoms with Gasteiger partial charge in [-0.05, 0) is 52.9 Å². The molecular weight excluding hydrogens is 422 g/mol. The molecule has 0 aliphatic heterocycles. The molecule has 0 aliphatic rings. The predicted octanol–water partition coefficient (Wildman–Crippen LogP) is 4.39. The van der Waals surface area contributed by atoms with Crippen LogP contribution in [0.5, 0.6) is 0 Å². The standard InChI is InChI=1S/C25H25N3O3S/c1-25(2,3)20-5-4-6-22(15-20)32(30,31)21-10-7-18(8-11-21)16-27-24(29)19-9-12-23-26-13-14-28(23)17-19/h4-15,17H,16H2,1-3H3,(H,27,29). The van der Waals surface area contributed by atoms with Gasteiger partial charge in [-0.15, -0.1) is 0 Å². The van der Waals surface area contributed by atoms with Gasteiger partial charge < -0.3 is 9.72 Å². The number of carbonyl (C=O) groups excluding carboxylic acids is 1. The Hall–Kier alpha value is -3.45. The molecule has 0 aliphatic carbocycles. The Morgan fingerprint density at radius 1 is 1.00 bits per heavy atom. The number of fused-ring (bicyclic) bond motifs is 1. The first-order chi connectivity index (χ1) is 15.1. The van der Waals surface area contributed by atoms with Crippen LogP contribution in [0.2, 0.25) is 0 Å². The van der Waals surface area contributed by atoms with Crippen molar-refractivity contribution in [3.05, 3.63) is 95.9 Å². The van der Waals surface area contributed by atoms with Gasteiger partial charge in [-0.25, -0.2) is 13.4 Å². The van der Waals surface area contributed by atoms with Gasteiger partial charge in [0.15, 0.2) is 0 Å². The number of aromatic nitrogens is 2. The van der Waals surface area contributed by atoms with Crippen LogP contribution < -0.4 is 5.32 Å². The normalized spacial score (nSPS) is 12.1. The summed E-state index contributed by atoms with van der Waals surface area (Å²) in [4.78, 5) is 17.1. The molecule has 0 spiro atoms. The summed E-state index contributed by atoms with van der Waals surface area (Å²) in [7, 11) is -3.62. The summed E-state index contributed by atoms with van der Waals surface area (Å²) in [5.41, 5.74) is 2.92. The lowest BCUT2D eigenvalue weighted by Crippen LogP contribution is -2.23. The van der Waals surface area contributed by atoms with Gasteiger partial charge in [0.25, 0.3) is 5.91 Å². The van der Waals surface area contributed by atoms with Gasteiger partial charge in [-0.1, -0.05) is 45.0 Å². The van der Waals surface area contributed by atoms with Crippen LogP contribution in [0.4, 0.5) is 0 Å². The molecule has 4 aromatic rings. The number of amides is 1. The third-order valence-corrected chi connectivity index (χ3v) is 7.12. The molecule has 0 fully saturated rings. The summed E-state index contributed by atoms with van der Waals surface area (Å²) in [6, 6.07) is 17.2. The molecule has 0 unspecified atom stereocenters. The molecule has 0 atom stereocenters. The van der Waals surface area contributed by atoms with Crippen LogP contribution in [-0.4, -0.2) is 23.7 Å². The summed E-state index contributed by atoms with van der Waals surface area (Å²) in [6.45, 7) is 6.45. The van der Waals surface area contributed by atoms with Gasteiger partial charge in [0.2, 0.25) is 9.84 Å². The van der Waals surface area contributed by atoms with E-state index in [1.165, 1.54) is 0 Å². The molecule has 164 valence electrons. The number of imidazole rings is 1. The Labute approximate surface area is 187 Å². The van der Waals surface area contributed by atoms with Gasteiger partial charge >= 0.3 is 0 Å². The zero-order chi connectivity index (χ0) is 22.9. The average molecular weight is 448 g/mol. The highest BCUT2D eigenvalue weighted by Gasteiger charge is 2.21. The summed E-state index contributed by atoms with van der Waals surface area (Å²) in [6.07, 6.45) is 5.17. The molecule has 4 rings (SSSR count). The van der Waals surface area contributed by atoms with Crippen molar-refractivity contribution in [2.24, 2.45) is 0 Å². The van der Waals surface area contributed by atoms with Gasteiger partial charge in [0, 0.05) is 25.1 Å². The van der Waals surface area contributed by atoms with E-state index in [0.29, 0.717) is 12.1 Å². The second kappa shape index (κ2) is 8.24. The molecule has 0 saturated carbocycles. The van der Waals surface area contributed by atoms with E-state index in [4.69, 9.17) is 0 Å². The Morgan fingerprint density at radius 3 is 2.47 bits per heavy atom. The number of nitrogens with zero attached hydrogens (tertiary/aromatic N) is 2. The lowest BCUT2D eigenvalue weighted by Gasteiger charge is -2.19. The SMILES string of the molecule is CC(C)(C)c1cccc(S(=O)(=O)c2ccc(CNC(=O)c3ccc4nccn4c3)cc2)c1. The molecule has 2 aromatic heterocycles. The maximum atomic E-state index is 13.1. The van der Waals surface area contributed by atoms with Gasteiger partial charge in [-0.3, -0.25) is 4.79 Å². The molecule has 0 saturated heterocycles. The number of rotatable bonds is 5. The Bertz CT molecular complexity index is 1380. The highest BCUT2D eigenvalue weighted by Crippen LogP contribution is 2.27. The molecule has 1 N–H and O–H groups in total. The number of carbonyl (C=O) groups is 1. The zero-order valence-electron chi connectivity index (χ0n) is 18.2. The first-order valence-electron chi connectivity index (χ1n) is 10.3. The van der Waals surface area contributed by atoms with Gasteiger partial charge in [0.1, 0.15) is 5.65 Å². The van der Waals surface area contributed by atoms with E-state index in [9.17, 15) is 13.2 Å². The lowest BCUT2D eigenvalue weighted by molar-refractivity contribution is 0.0950. The molecule has 1 amide bonds. The fraction of sp³-hybridized carbons (Fsp3) is 0.200. The van der Waals surface area contributed by atoms with E-state index in [0.717, 1.165) is 16.8 Å². The van der Waals surface area contributed by atoms with Crippen LogP contribution in [0.1, 0.15) is 42.3 Å². The number of hydrogen-bond donors (Lipinski definition) is 1. The lowest BCUT2D eigenvalue weighted by atomic mass is 9.87. The minimum absolute atomic E-state index is 0.143. The second-order valence-corrected chi connectivity index (χ2v) is 10.7. The van der Waals surface area contributed by atoms with E-state index in [1.807, 2.05) is 6.07 Å². The fourth-order valence-electron chi connectivity index (χ4n) is 3.39. The summed E-state index contributed by atoms with van der Waals surface area (Å²) < 4.78 is 27.9. The van der Waals surface area contributed by atoms with Crippen LogP contribution in [0.3, 0.4) is 0 Å². The Morgan fingerprint density at radius 2 is 1.75 bits per heavy atom. The quantitative estimate of drug-likeness (QED) is 0.492. The summed E-state index contributed by atoms with van der Waals surface area (Å²) in [5, 5.41) is 2.86. The Balaban J connectivity index is 1.47. The van der Waals surface area contributed by atoms with Crippen LogP contribution in [0, 0.1) is 0 Å². The molecule has 2 aromatic carbocycles. The summed E-state index contributed by atoms with van der Waals surface area (Å²) >= 11 is 0. The third kappa shape index (κ3) is 4.43. The number of hydrogen-bond acceptors (Lipinski definition) is 4. The topological polar surface area (TPSA) is 80.5 Å². The van der Waals surface area contributed by atoms with E-state index in [2.05, 4.69) is 31.1 Å². The average Bonchev–Trinajstić information content (AvgIpc) is 3.25. The number of nitrogens with one attached hydrogen (secondary N) is 1. The van der Waals surface area contributed by atoms with E-state index in [-0.39, 0.29) is 21.1 Å². The highest BCUT2D eigenvalue weighted by molar-refractivity contribution is 7.91. The zero-order valence-corrected chi connectivity index (χ0v) is 19.1. The van der Waals surface area contributed by atoms with Gasteiger partial charge in [-0.2, -0.15) is 0 Å². The molecule has 2 heterocycles. The maximum absolute atomic E-state index is 13.1. The van der Waals surface area contributed by atoms with Crippen molar-refractivity contribution in [3.8, 4) is 0 Å². The van der Waals surface area contributed by atoms with Crippen LogP contribution in [0.15, 0.2) is 89.0 Å². The second-order valence-electron chi connectivity index (χ2n) is 8.72. The molecule has 7 heteroatoms. The molecule has 0 radical (unpaired) electrons. The number of benzene rings is 2. The Kier molecular flexibility index (Phi) is 5.60. The molecular formula is C25H25N3O3S.